The van der Waals surface area contributed by atoms with Gasteiger partial charge in [0.25, 0.3) is 0 Å². The Hall–Kier alpha value is -2.52. The van der Waals surface area contributed by atoms with Crippen molar-refractivity contribution in [1.29, 1.82) is 5.26 Å². The van der Waals surface area contributed by atoms with Crippen LogP contribution in [-0.2, 0) is 0 Å². The van der Waals surface area contributed by atoms with Crippen molar-refractivity contribution in [3.8, 4) is 23.2 Å². The van der Waals surface area contributed by atoms with E-state index in [1.54, 1.807) is 35.0 Å². The van der Waals surface area contributed by atoms with Crippen LogP contribution in [0, 0.1) is 11.3 Å². The Balaban J connectivity index is 2.07. The van der Waals surface area contributed by atoms with Crippen molar-refractivity contribution in [2.45, 2.75) is 0 Å². The molecule has 0 radical (unpaired) electrons. The van der Waals surface area contributed by atoms with E-state index in [0.29, 0.717) is 27.5 Å². The van der Waals surface area contributed by atoms with E-state index in [4.69, 9.17) is 15.4 Å². The first-order chi connectivity index (χ1) is 9.67. The lowest BCUT2D eigenvalue weighted by Crippen LogP contribution is -2.01. The van der Waals surface area contributed by atoms with Crippen molar-refractivity contribution in [3.63, 3.8) is 0 Å². The van der Waals surface area contributed by atoms with E-state index in [1.807, 2.05) is 12.1 Å². The van der Waals surface area contributed by atoms with Crippen LogP contribution in [0.1, 0.15) is 5.56 Å². The number of nitrogens with two attached hydrogens (primary N) is 1. The standard InChI is InChI=1S/C14H9BrN4O/c15-13-5-4-12(20-13)11-7-14(17)19(18-11)10-3-1-2-9(6-10)8-16/h1-7H,17H2. The smallest absolute Gasteiger partial charge is 0.169 e. The summed E-state index contributed by atoms with van der Waals surface area (Å²) >= 11 is 3.25. The highest BCUT2D eigenvalue weighted by Gasteiger charge is 2.12. The first-order valence-electron chi connectivity index (χ1n) is 5.79. The van der Waals surface area contributed by atoms with E-state index in [-0.39, 0.29) is 0 Å². The average Bonchev–Trinajstić information content (AvgIpc) is 3.05. The molecule has 6 heteroatoms. The molecule has 0 amide bonds. The molecule has 0 unspecified atom stereocenters. The number of rotatable bonds is 2. The topological polar surface area (TPSA) is 80.8 Å². The van der Waals surface area contributed by atoms with Gasteiger partial charge in [-0.05, 0) is 46.3 Å². The summed E-state index contributed by atoms with van der Waals surface area (Å²) in [5.74, 6) is 1.10. The van der Waals surface area contributed by atoms with Gasteiger partial charge in [0.15, 0.2) is 10.4 Å². The zero-order chi connectivity index (χ0) is 14.1. The second-order valence-corrected chi connectivity index (χ2v) is 4.91. The van der Waals surface area contributed by atoms with Crippen molar-refractivity contribution in [3.05, 3.63) is 52.7 Å². The van der Waals surface area contributed by atoms with Crippen LogP contribution in [0.2, 0.25) is 0 Å². The molecule has 0 fully saturated rings. The Morgan fingerprint density at radius 2 is 2.10 bits per heavy atom. The third kappa shape index (κ3) is 2.19. The predicted octanol–water partition coefficient (Wildman–Crippen LogP) is 3.35. The first kappa shape index (κ1) is 12.5. The number of furan rings is 1. The van der Waals surface area contributed by atoms with Gasteiger partial charge in [-0.2, -0.15) is 10.4 Å². The minimum absolute atomic E-state index is 0.475. The van der Waals surface area contributed by atoms with Gasteiger partial charge in [-0.15, -0.1) is 0 Å². The van der Waals surface area contributed by atoms with Crippen molar-refractivity contribution >= 4 is 21.7 Å². The summed E-state index contributed by atoms with van der Waals surface area (Å²) in [6.45, 7) is 0. The van der Waals surface area contributed by atoms with Crippen LogP contribution in [0.25, 0.3) is 17.1 Å². The molecule has 0 atom stereocenters. The minimum atomic E-state index is 0.475. The van der Waals surface area contributed by atoms with Crippen molar-refractivity contribution in [1.82, 2.24) is 9.78 Å². The highest BCUT2D eigenvalue weighted by Crippen LogP contribution is 2.26. The maximum absolute atomic E-state index is 8.93. The molecule has 0 aliphatic rings. The number of hydrogen-bond acceptors (Lipinski definition) is 4. The number of aromatic nitrogens is 2. The molecular weight excluding hydrogens is 320 g/mol. The monoisotopic (exact) mass is 328 g/mol. The molecule has 1 aromatic carbocycles. The molecule has 3 aromatic rings. The van der Waals surface area contributed by atoms with Crippen LogP contribution in [0.15, 0.2) is 51.6 Å². The average molecular weight is 329 g/mol. The molecule has 98 valence electrons. The van der Waals surface area contributed by atoms with E-state index < -0.39 is 0 Å². The number of hydrogen-bond donors (Lipinski definition) is 1. The third-order valence-corrected chi connectivity index (χ3v) is 3.21. The molecule has 0 aliphatic carbocycles. The van der Waals surface area contributed by atoms with Gasteiger partial charge in [0.2, 0.25) is 0 Å². The van der Waals surface area contributed by atoms with Crippen molar-refractivity contribution in [2.75, 3.05) is 5.73 Å². The quantitative estimate of drug-likeness (QED) is 0.782. The normalized spacial score (nSPS) is 10.4. The molecule has 3 rings (SSSR count). The van der Waals surface area contributed by atoms with Crippen molar-refractivity contribution in [2.24, 2.45) is 0 Å². The summed E-state index contributed by atoms with van der Waals surface area (Å²) in [6.07, 6.45) is 0. The second-order valence-electron chi connectivity index (χ2n) is 4.13. The van der Waals surface area contributed by atoms with Crippen LogP contribution < -0.4 is 5.73 Å². The Bertz CT molecular complexity index is 813. The number of nitrogen functional groups attached to an aromatic ring is 1. The zero-order valence-corrected chi connectivity index (χ0v) is 11.8. The largest absolute Gasteiger partial charge is 0.448 e. The number of anilines is 1. The van der Waals surface area contributed by atoms with Crippen LogP contribution in [0.3, 0.4) is 0 Å². The maximum Gasteiger partial charge on any atom is 0.169 e. The van der Waals surface area contributed by atoms with Crippen LogP contribution in [0.5, 0.6) is 0 Å². The second kappa shape index (κ2) is 4.87. The number of benzene rings is 1. The van der Waals surface area contributed by atoms with E-state index in [2.05, 4.69) is 27.1 Å². The fraction of sp³-hybridized carbons (Fsp3) is 0. The minimum Gasteiger partial charge on any atom is -0.448 e. The fourth-order valence-corrected chi connectivity index (χ4v) is 2.19. The van der Waals surface area contributed by atoms with Gasteiger partial charge in [0.05, 0.1) is 17.3 Å². The van der Waals surface area contributed by atoms with Crippen LogP contribution in [-0.4, -0.2) is 9.78 Å². The summed E-state index contributed by atoms with van der Waals surface area (Å²) < 4.78 is 7.66. The fourth-order valence-electron chi connectivity index (χ4n) is 1.88. The van der Waals surface area contributed by atoms with Gasteiger partial charge in [-0.3, -0.25) is 0 Å². The lowest BCUT2D eigenvalue weighted by atomic mass is 10.2. The number of nitriles is 1. The van der Waals surface area contributed by atoms with Crippen molar-refractivity contribution < 1.29 is 4.42 Å². The lowest BCUT2D eigenvalue weighted by molar-refractivity contribution is 0.553. The summed E-state index contributed by atoms with van der Waals surface area (Å²) in [4.78, 5) is 0. The highest BCUT2D eigenvalue weighted by molar-refractivity contribution is 9.10. The first-order valence-corrected chi connectivity index (χ1v) is 6.58. The molecule has 20 heavy (non-hydrogen) atoms. The van der Waals surface area contributed by atoms with Gasteiger partial charge < -0.3 is 10.2 Å². The maximum atomic E-state index is 8.93. The van der Waals surface area contributed by atoms with E-state index in [9.17, 15) is 0 Å². The van der Waals surface area contributed by atoms with Gasteiger partial charge in [-0.1, -0.05) is 6.07 Å². The molecule has 5 nitrogen and oxygen atoms in total. The molecule has 2 N–H and O–H groups in total. The molecule has 0 spiro atoms. The van der Waals surface area contributed by atoms with E-state index in [0.717, 1.165) is 5.69 Å². The number of halogens is 1. The number of nitrogens with zero attached hydrogens (tertiary/aromatic N) is 3. The molecule has 0 aliphatic heterocycles. The Kier molecular flexibility index (Phi) is 3.05. The Morgan fingerprint density at radius 3 is 2.80 bits per heavy atom. The van der Waals surface area contributed by atoms with Gasteiger partial charge in [0.1, 0.15) is 11.5 Å². The van der Waals surface area contributed by atoms with Crippen LogP contribution in [0.4, 0.5) is 5.82 Å². The van der Waals surface area contributed by atoms with Gasteiger partial charge >= 0.3 is 0 Å². The van der Waals surface area contributed by atoms with Crippen LogP contribution >= 0.6 is 15.9 Å². The lowest BCUT2D eigenvalue weighted by Gasteiger charge is -2.03. The Morgan fingerprint density at radius 1 is 1.25 bits per heavy atom. The molecule has 2 heterocycles. The molecule has 0 saturated carbocycles. The predicted molar refractivity (Wildman–Crippen MR) is 78.1 cm³/mol. The van der Waals surface area contributed by atoms with E-state index >= 15 is 0 Å². The van der Waals surface area contributed by atoms with Gasteiger partial charge in [0, 0.05) is 6.07 Å². The summed E-state index contributed by atoms with van der Waals surface area (Å²) in [6, 6.07) is 14.5. The summed E-state index contributed by atoms with van der Waals surface area (Å²) in [5, 5.41) is 13.3. The SMILES string of the molecule is N#Cc1cccc(-n2nc(-c3ccc(Br)o3)cc2N)c1. The molecular formula is C14H9BrN4O. The zero-order valence-electron chi connectivity index (χ0n) is 10.2. The van der Waals surface area contributed by atoms with E-state index in [1.165, 1.54) is 0 Å². The Labute approximate surface area is 123 Å². The molecule has 0 bridgehead atoms. The third-order valence-electron chi connectivity index (χ3n) is 2.78. The summed E-state index contributed by atoms with van der Waals surface area (Å²) in [7, 11) is 0. The summed E-state index contributed by atoms with van der Waals surface area (Å²) in [5.41, 5.74) is 7.90. The molecule has 2 aromatic heterocycles. The van der Waals surface area contributed by atoms with Gasteiger partial charge in [-0.25, -0.2) is 4.68 Å². The molecule has 0 saturated heterocycles. The highest BCUT2D eigenvalue weighted by atomic mass is 79.9.